The molecule has 0 aliphatic rings. The van der Waals surface area contributed by atoms with Crippen molar-refractivity contribution < 1.29 is 17.9 Å². The van der Waals surface area contributed by atoms with E-state index in [-0.39, 0.29) is 15.2 Å². The zero-order chi connectivity index (χ0) is 10.9. The molecule has 1 aromatic rings. The maximum atomic E-state index is 12.4. The largest absolute Gasteiger partial charge is 0.495 e. The highest BCUT2D eigenvalue weighted by molar-refractivity contribution is 9.10. The Balaban J connectivity index is 3.40. The van der Waals surface area contributed by atoms with Crippen LogP contribution in [-0.4, -0.2) is 7.11 Å². The van der Waals surface area contributed by atoms with Crippen molar-refractivity contribution in [2.75, 3.05) is 7.11 Å². The molecule has 1 aromatic carbocycles. The second-order valence-electron chi connectivity index (χ2n) is 2.47. The normalized spacial score (nSPS) is 11.6. The Bertz CT molecular complexity index is 351. The van der Waals surface area contributed by atoms with Crippen molar-refractivity contribution >= 4 is 27.5 Å². The summed E-state index contributed by atoms with van der Waals surface area (Å²) in [5.74, 6) is -0.262. The molecule has 14 heavy (non-hydrogen) atoms. The molecule has 0 heterocycles. The first-order chi connectivity index (χ1) is 6.36. The summed E-state index contributed by atoms with van der Waals surface area (Å²) in [4.78, 5) is 0. The predicted molar refractivity (Wildman–Crippen MR) is 50.7 cm³/mol. The van der Waals surface area contributed by atoms with Gasteiger partial charge in [-0.25, -0.2) is 0 Å². The molecule has 0 atom stereocenters. The maximum absolute atomic E-state index is 12.4. The van der Waals surface area contributed by atoms with Crippen LogP contribution in [0.2, 0.25) is 5.02 Å². The molecule has 0 aliphatic carbocycles. The summed E-state index contributed by atoms with van der Waals surface area (Å²) in [6, 6.07) is 2.17. The minimum Gasteiger partial charge on any atom is -0.495 e. The highest BCUT2D eigenvalue weighted by Gasteiger charge is 2.35. The van der Waals surface area contributed by atoms with E-state index in [9.17, 15) is 13.2 Å². The summed E-state index contributed by atoms with van der Waals surface area (Å²) in [5.41, 5.74) is -0.889. The van der Waals surface area contributed by atoms with Gasteiger partial charge in [0.05, 0.1) is 11.6 Å². The van der Waals surface area contributed by atoms with Gasteiger partial charge in [-0.05, 0) is 28.1 Å². The molecular formula is C8H5BrClF3O. The van der Waals surface area contributed by atoms with Crippen LogP contribution in [0.25, 0.3) is 0 Å². The summed E-state index contributed by atoms with van der Waals surface area (Å²) in [6.07, 6.45) is -4.47. The van der Waals surface area contributed by atoms with Crippen molar-refractivity contribution in [3.05, 3.63) is 27.2 Å². The molecular weight excluding hydrogens is 284 g/mol. The molecule has 1 rings (SSSR count). The van der Waals surface area contributed by atoms with Crippen LogP contribution < -0.4 is 4.74 Å². The molecule has 0 aromatic heterocycles. The van der Waals surface area contributed by atoms with Crippen molar-refractivity contribution in [2.45, 2.75) is 6.18 Å². The van der Waals surface area contributed by atoms with Crippen molar-refractivity contribution in [1.82, 2.24) is 0 Å². The maximum Gasteiger partial charge on any atom is 0.420 e. The lowest BCUT2D eigenvalue weighted by Crippen LogP contribution is -2.07. The van der Waals surface area contributed by atoms with Crippen LogP contribution in [-0.2, 0) is 6.18 Å². The Morgan fingerprint density at radius 2 is 1.93 bits per heavy atom. The molecule has 0 spiro atoms. The number of halogens is 5. The molecule has 78 valence electrons. The van der Waals surface area contributed by atoms with E-state index in [1.165, 1.54) is 13.2 Å². The Kier molecular flexibility index (Phi) is 3.32. The summed E-state index contributed by atoms with van der Waals surface area (Å²) in [6.45, 7) is 0. The smallest absolute Gasteiger partial charge is 0.420 e. The predicted octanol–water partition coefficient (Wildman–Crippen LogP) is 4.13. The van der Waals surface area contributed by atoms with Crippen molar-refractivity contribution in [3.8, 4) is 5.75 Å². The van der Waals surface area contributed by atoms with Gasteiger partial charge >= 0.3 is 6.18 Å². The van der Waals surface area contributed by atoms with Crippen LogP contribution in [0.1, 0.15) is 5.56 Å². The fraction of sp³-hybridized carbons (Fsp3) is 0.250. The third-order valence-corrected chi connectivity index (χ3v) is 2.33. The summed E-state index contributed by atoms with van der Waals surface area (Å²) in [5, 5.41) is 0.00463. The minimum atomic E-state index is -4.47. The summed E-state index contributed by atoms with van der Waals surface area (Å²) < 4.78 is 42.1. The topological polar surface area (TPSA) is 9.23 Å². The van der Waals surface area contributed by atoms with E-state index in [0.717, 1.165) is 6.07 Å². The number of ether oxygens (including phenoxy) is 1. The number of alkyl halides is 3. The van der Waals surface area contributed by atoms with Crippen molar-refractivity contribution in [2.24, 2.45) is 0 Å². The van der Waals surface area contributed by atoms with E-state index in [1.807, 2.05) is 0 Å². The fourth-order valence-corrected chi connectivity index (χ4v) is 1.95. The van der Waals surface area contributed by atoms with Gasteiger partial charge in [0.1, 0.15) is 11.3 Å². The van der Waals surface area contributed by atoms with Crippen LogP contribution in [0.3, 0.4) is 0 Å². The van der Waals surface area contributed by atoms with Crippen molar-refractivity contribution in [3.63, 3.8) is 0 Å². The van der Waals surface area contributed by atoms with Crippen LogP contribution in [0.15, 0.2) is 16.6 Å². The Morgan fingerprint density at radius 1 is 1.36 bits per heavy atom. The average molecular weight is 289 g/mol. The molecule has 0 unspecified atom stereocenters. The van der Waals surface area contributed by atoms with Crippen molar-refractivity contribution in [1.29, 1.82) is 0 Å². The second kappa shape index (κ2) is 3.98. The Labute approximate surface area is 91.9 Å². The Hall–Kier alpha value is -0.420. The van der Waals surface area contributed by atoms with E-state index >= 15 is 0 Å². The molecule has 0 fully saturated rings. The van der Waals surface area contributed by atoms with Gasteiger partial charge in [0.15, 0.2) is 0 Å². The van der Waals surface area contributed by atoms with Gasteiger partial charge in [0, 0.05) is 5.02 Å². The average Bonchev–Trinajstić information content (AvgIpc) is 2.01. The molecule has 0 saturated heterocycles. The lowest BCUT2D eigenvalue weighted by atomic mass is 10.2. The quantitative estimate of drug-likeness (QED) is 0.755. The number of hydrogen-bond donors (Lipinski definition) is 0. The minimum absolute atomic E-state index is 0.00463. The zero-order valence-electron chi connectivity index (χ0n) is 6.95. The van der Waals surface area contributed by atoms with Crippen LogP contribution in [0.5, 0.6) is 5.75 Å². The van der Waals surface area contributed by atoms with E-state index in [0.29, 0.717) is 0 Å². The van der Waals surface area contributed by atoms with E-state index in [4.69, 9.17) is 11.6 Å². The SMILES string of the molecule is COc1c(Br)cc(Cl)cc1C(F)(F)F. The first-order valence-corrected chi connectivity index (χ1v) is 4.63. The fourth-order valence-electron chi connectivity index (χ4n) is 0.978. The number of hydrogen-bond acceptors (Lipinski definition) is 1. The third-order valence-electron chi connectivity index (χ3n) is 1.52. The second-order valence-corrected chi connectivity index (χ2v) is 3.76. The van der Waals surface area contributed by atoms with Gasteiger partial charge in [-0.15, -0.1) is 0 Å². The van der Waals surface area contributed by atoms with Gasteiger partial charge in [-0.3, -0.25) is 0 Å². The molecule has 6 heteroatoms. The molecule has 1 nitrogen and oxygen atoms in total. The molecule has 0 bridgehead atoms. The lowest BCUT2D eigenvalue weighted by molar-refractivity contribution is -0.138. The number of rotatable bonds is 1. The monoisotopic (exact) mass is 288 g/mol. The van der Waals surface area contributed by atoms with Crippen LogP contribution in [0, 0.1) is 0 Å². The molecule has 0 radical (unpaired) electrons. The molecule has 0 aliphatic heterocycles. The van der Waals surface area contributed by atoms with Crippen LogP contribution >= 0.6 is 27.5 Å². The zero-order valence-corrected chi connectivity index (χ0v) is 9.29. The molecule has 0 amide bonds. The van der Waals surface area contributed by atoms with E-state index in [1.54, 1.807) is 0 Å². The highest BCUT2D eigenvalue weighted by Crippen LogP contribution is 2.41. The number of methoxy groups -OCH3 is 1. The number of benzene rings is 1. The van der Waals surface area contributed by atoms with Crippen LogP contribution in [0.4, 0.5) is 13.2 Å². The highest BCUT2D eigenvalue weighted by atomic mass is 79.9. The molecule has 0 N–H and O–H groups in total. The third kappa shape index (κ3) is 2.33. The van der Waals surface area contributed by atoms with E-state index < -0.39 is 11.7 Å². The summed E-state index contributed by atoms with van der Waals surface area (Å²) in [7, 11) is 1.17. The van der Waals surface area contributed by atoms with Gasteiger partial charge < -0.3 is 4.74 Å². The van der Waals surface area contributed by atoms with Gasteiger partial charge in [-0.1, -0.05) is 11.6 Å². The lowest BCUT2D eigenvalue weighted by Gasteiger charge is -2.13. The standard InChI is InChI=1S/C8H5BrClF3O/c1-14-7-5(8(11,12)13)2-4(10)3-6(7)9/h2-3H,1H3. The van der Waals surface area contributed by atoms with E-state index in [2.05, 4.69) is 20.7 Å². The summed E-state index contributed by atoms with van der Waals surface area (Å²) >= 11 is 8.44. The first-order valence-electron chi connectivity index (χ1n) is 3.46. The van der Waals surface area contributed by atoms with Gasteiger partial charge in [0.25, 0.3) is 0 Å². The first kappa shape index (κ1) is 11.7. The Morgan fingerprint density at radius 3 is 2.36 bits per heavy atom. The van der Waals surface area contributed by atoms with Gasteiger partial charge in [0.2, 0.25) is 0 Å². The molecule has 0 saturated carbocycles. The van der Waals surface area contributed by atoms with Gasteiger partial charge in [-0.2, -0.15) is 13.2 Å².